The molecule has 0 spiro atoms. The molecule has 0 radical (unpaired) electrons. The Balaban J connectivity index is 0.00000140. The molecule has 4 rings (SSSR count). The summed E-state index contributed by atoms with van der Waals surface area (Å²) in [5, 5.41) is 6.68. The topological polar surface area (TPSA) is 44.4 Å². The molecule has 0 unspecified atom stereocenters. The third-order valence-corrected chi connectivity index (χ3v) is 7.47. The van der Waals surface area contributed by atoms with E-state index in [1.807, 2.05) is 0 Å². The standard InChI is InChI=1S/C21H31N3OS.2ClH/c25-20(21-9-2-1-3-18(21)15-22-16-21)23-19-6-4-17(5-7-19)8-10-24-11-13-26-14-12-24;;/h4-7,18,22H,1-3,8-16H2,(H,23,25);2*1H/t18-,21+;;/m0../s1. The van der Waals surface area contributed by atoms with Crippen molar-refractivity contribution in [3.63, 3.8) is 0 Å². The van der Waals surface area contributed by atoms with Crippen LogP contribution in [0.2, 0.25) is 0 Å². The Hall–Kier alpha value is -0.460. The lowest BCUT2D eigenvalue weighted by atomic mass is 9.67. The Bertz CT molecular complexity index is 625. The highest BCUT2D eigenvalue weighted by Gasteiger charge is 2.49. The molecule has 2 aliphatic heterocycles. The monoisotopic (exact) mass is 445 g/mol. The van der Waals surface area contributed by atoms with Gasteiger partial charge in [-0.3, -0.25) is 4.79 Å². The van der Waals surface area contributed by atoms with Crippen molar-refractivity contribution in [2.75, 3.05) is 49.5 Å². The molecule has 1 aromatic rings. The SMILES string of the molecule is Cl.Cl.O=C(Nc1ccc(CCN2CCSCC2)cc1)[C@@]12CCCC[C@H]1CNC2. The molecule has 2 N–H and O–H groups in total. The number of nitrogens with one attached hydrogen (secondary N) is 2. The van der Waals surface area contributed by atoms with Gasteiger partial charge >= 0.3 is 0 Å². The summed E-state index contributed by atoms with van der Waals surface area (Å²) in [4.78, 5) is 15.6. The molecule has 28 heavy (non-hydrogen) atoms. The lowest BCUT2D eigenvalue weighted by Gasteiger charge is -2.37. The van der Waals surface area contributed by atoms with Crippen molar-refractivity contribution in [3.05, 3.63) is 29.8 Å². The molecule has 3 aliphatic rings. The van der Waals surface area contributed by atoms with E-state index in [0.29, 0.717) is 5.92 Å². The maximum atomic E-state index is 13.0. The van der Waals surface area contributed by atoms with Crippen LogP contribution in [0.5, 0.6) is 0 Å². The maximum absolute atomic E-state index is 13.0. The third kappa shape index (κ3) is 5.37. The zero-order chi connectivity index (χ0) is 17.8. The zero-order valence-electron chi connectivity index (χ0n) is 16.5. The second-order valence-electron chi connectivity index (χ2n) is 8.08. The number of hydrogen-bond acceptors (Lipinski definition) is 4. The van der Waals surface area contributed by atoms with Crippen LogP contribution in [0, 0.1) is 11.3 Å². The van der Waals surface area contributed by atoms with Crippen molar-refractivity contribution < 1.29 is 4.79 Å². The fourth-order valence-electron chi connectivity index (χ4n) is 4.81. The van der Waals surface area contributed by atoms with Gasteiger partial charge in [0.05, 0.1) is 5.41 Å². The summed E-state index contributed by atoms with van der Waals surface area (Å²) in [7, 11) is 0. The van der Waals surface area contributed by atoms with Crippen LogP contribution < -0.4 is 10.6 Å². The number of amides is 1. The number of benzene rings is 1. The van der Waals surface area contributed by atoms with Crippen LogP contribution in [-0.2, 0) is 11.2 Å². The van der Waals surface area contributed by atoms with Gasteiger partial charge in [-0.15, -0.1) is 24.8 Å². The number of halogens is 2. The minimum atomic E-state index is -0.177. The Morgan fingerprint density at radius 2 is 1.93 bits per heavy atom. The quantitative estimate of drug-likeness (QED) is 0.722. The van der Waals surface area contributed by atoms with Crippen molar-refractivity contribution in [3.8, 4) is 0 Å². The second kappa shape index (κ2) is 11.1. The van der Waals surface area contributed by atoms with Crippen molar-refractivity contribution in [2.45, 2.75) is 32.1 Å². The fourth-order valence-corrected chi connectivity index (χ4v) is 5.79. The average molecular weight is 446 g/mol. The van der Waals surface area contributed by atoms with Gasteiger partial charge in [-0.05, 0) is 49.4 Å². The van der Waals surface area contributed by atoms with E-state index < -0.39 is 0 Å². The van der Waals surface area contributed by atoms with Gasteiger partial charge in [0.25, 0.3) is 0 Å². The largest absolute Gasteiger partial charge is 0.326 e. The molecule has 1 aliphatic carbocycles. The number of rotatable bonds is 5. The van der Waals surface area contributed by atoms with Crippen molar-refractivity contribution >= 4 is 48.2 Å². The summed E-state index contributed by atoms with van der Waals surface area (Å²) < 4.78 is 0. The van der Waals surface area contributed by atoms with Crippen molar-refractivity contribution in [2.24, 2.45) is 11.3 Å². The van der Waals surface area contributed by atoms with E-state index in [0.717, 1.165) is 38.2 Å². The first kappa shape index (κ1) is 23.8. The van der Waals surface area contributed by atoms with E-state index in [9.17, 15) is 4.79 Å². The molecule has 158 valence electrons. The normalized spacial score (nSPS) is 27.2. The van der Waals surface area contributed by atoms with Crippen LogP contribution in [0.3, 0.4) is 0 Å². The molecule has 3 fully saturated rings. The average Bonchev–Trinajstić information content (AvgIpc) is 3.14. The summed E-state index contributed by atoms with van der Waals surface area (Å²) >= 11 is 2.06. The maximum Gasteiger partial charge on any atom is 0.232 e. The molecule has 1 saturated carbocycles. The van der Waals surface area contributed by atoms with Gasteiger partial charge in [-0.2, -0.15) is 11.8 Å². The number of carbonyl (C=O) groups excluding carboxylic acids is 1. The summed E-state index contributed by atoms with van der Waals surface area (Å²) in [6.45, 7) is 5.42. The predicted molar refractivity (Wildman–Crippen MR) is 124 cm³/mol. The van der Waals surface area contributed by atoms with E-state index in [1.165, 1.54) is 49.4 Å². The van der Waals surface area contributed by atoms with Gasteiger partial charge in [-0.25, -0.2) is 0 Å². The van der Waals surface area contributed by atoms with Crippen LogP contribution in [0.25, 0.3) is 0 Å². The summed E-state index contributed by atoms with van der Waals surface area (Å²) in [5.41, 5.74) is 2.12. The van der Waals surface area contributed by atoms with Gasteiger partial charge in [-0.1, -0.05) is 25.0 Å². The molecular formula is C21H33Cl2N3OS. The van der Waals surface area contributed by atoms with Gasteiger partial charge in [0.1, 0.15) is 0 Å². The first-order valence-electron chi connectivity index (χ1n) is 10.2. The molecule has 2 heterocycles. The van der Waals surface area contributed by atoms with Gasteiger partial charge in [0, 0.05) is 43.4 Å². The first-order valence-corrected chi connectivity index (χ1v) is 11.3. The van der Waals surface area contributed by atoms with Crippen LogP contribution in [0.1, 0.15) is 31.2 Å². The number of nitrogens with zero attached hydrogens (tertiary/aromatic N) is 1. The van der Waals surface area contributed by atoms with Crippen molar-refractivity contribution in [1.82, 2.24) is 10.2 Å². The number of anilines is 1. The van der Waals surface area contributed by atoms with Crippen molar-refractivity contribution in [1.29, 1.82) is 0 Å². The summed E-state index contributed by atoms with van der Waals surface area (Å²) in [6, 6.07) is 8.51. The summed E-state index contributed by atoms with van der Waals surface area (Å²) in [6.07, 6.45) is 5.76. The molecule has 1 amide bonds. The molecule has 0 bridgehead atoms. The highest BCUT2D eigenvalue weighted by atomic mass is 35.5. The van der Waals surface area contributed by atoms with Gasteiger partial charge < -0.3 is 15.5 Å². The van der Waals surface area contributed by atoms with E-state index in [1.54, 1.807) is 0 Å². The predicted octanol–water partition coefficient (Wildman–Crippen LogP) is 3.84. The molecular weight excluding hydrogens is 413 g/mol. The zero-order valence-corrected chi connectivity index (χ0v) is 18.9. The minimum Gasteiger partial charge on any atom is -0.326 e. The van der Waals surface area contributed by atoms with E-state index in [2.05, 4.69) is 51.6 Å². The lowest BCUT2D eigenvalue weighted by Crippen LogP contribution is -2.44. The third-order valence-electron chi connectivity index (χ3n) is 6.52. The minimum absolute atomic E-state index is 0. The Kier molecular flexibility index (Phi) is 9.42. The van der Waals surface area contributed by atoms with Crippen LogP contribution in [0.4, 0.5) is 5.69 Å². The molecule has 7 heteroatoms. The van der Waals surface area contributed by atoms with E-state index in [4.69, 9.17) is 0 Å². The Morgan fingerprint density at radius 3 is 2.68 bits per heavy atom. The number of thioether (sulfide) groups is 1. The number of carbonyl (C=O) groups is 1. The molecule has 2 saturated heterocycles. The van der Waals surface area contributed by atoms with Crippen LogP contribution in [0.15, 0.2) is 24.3 Å². The highest BCUT2D eigenvalue weighted by Crippen LogP contribution is 2.44. The first-order chi connectivity index (χ1) is 12.8. The van der Waals surface area contributed by atoms with Gasteiger partial charge in [0.15, 0.2) is 0 Å². The van der Waals surface area contributed by atoms with E-state index >= 15 is 0 Å². The molecule has 1 aromatic carbocycles. The second-order valence-corrected chi connectivity index (χ2v) is 9.31. The smallest absolute Gasteiger partial charge is 0.232 e. The fraction of sp³-hybridized carbons (Fsp3) is 0.667. The van der Waals surface area contributed by atoms with Crippen LogP contribution >= 0.6 is 36.6 Å². The Labute approximate surface area is 185 Å². The van der Waals surface area contributed by atoms with Crippen LogP contribution in [-0.4, -0.2) is 55.0 Å². The Morgan fingerprint density at radius 1 is 1.18 bits per heavy atom. The number of hydrogen-bond donors (Lipinski definition) is 2. The van der Waals surface area contributed by atoms with Gasteiger partial charge in [0.2, 0.25) is 5.91 Å². The molecule has 4 nitrogen and oxygen atoms in total. The molecule has 0 aromatic heterocycles. The van der Waals surface area contributed by atoms with E-state index in [-0.39, 0.29) is 36.1 Å². The summed E-state index contributed by atoms with van der Waals surface area (Å²) in [5.74, 6) is 3.27. The molecule has 2 atom stereocenters. The number of fused-ring (bicyclic) bond motifs is 1. The lowest BCUT2D eigenvalue weighted by molar-refractivity contribution is -0.128. The highest BCUT2D eigenvalue weighted by molar-refractivity contribution is 7.99.